The lowest BCUT2D eigenvalue weighted by Crippen LogP contribution is -2.36. The van der Waals surface area contributed by atoms with Crippen LogP contribution in [0.4, 0.5) is 0 Å². The minimum absolute atomic E-state index is 0.00181. The lowest BCUT2D eigenvalue weighted by atomic mass is 10.2. The topological polar surface area (TPSA) is 101 Å². The molecule has 0 aliphatic heterocycles. The van der Waals surface area contributed by atoms with Crippen molar-refractivity contribution in [2.75, 3.05) is 20.2 Å². The van der Waals surface area contributed by atoms with Gasteiger partial charge >= 0.3 is 0 Å². The number of ether oxygens (including phenoxy) is 1. The molecule has 3 aromatic rings. The number of benzene rings is 2. The number of carbonyl (C=O) groups excluding carboxylic acids is 2. The van der Waals surface area contributed by atoms with E-state index in [-0.39, 0.29) is 31.4 Å². The third-order valence-corrected chi connectivity index (χ3v) is 4.81. The van der Waals surface area contributed by atoms with Gasteiger partial charge in [-0.2, -0.15) is 5.10 Å². The van der Waals surface area contributed by atoms with Gasteiger partial charge in [-0.15, -0.1) is 0 Å². The summed E-state index contributed by atoms with van der Waals surface area (Å²) >= 11 is 11.1. The highest BCUT2D eigenvalue weighted by atomic mass is 35.5. The predicted molar refractivity (Wildman–Crippen MR) is 116 cm³/mol. The van der Waals surface area contributed by atoms with Crippen LogP contribution in [0, 0.1) is 4.77 Å². The molecule has 1 aromatic heterocycles. The maximum atomic E-state index is 12.3. The quantitative estimate of drug-likeness (QED) is 0.365. The molecule has 3 rings (SSSR count). The van der Waals surface area contributed by atoms with Crippen molar-refractivity contribution in [3.05, 3.63) is 63.9 Å². The molecule has 0 saturated carbocycles. The fraction of sp³-hybridized carbons (Fsp3) is 0.200. The molecule has 0 saturated heterocycles. The number of hydrogen-bond donors (Lipinski definition) is 3. The fourth-order valence-electron chi connectivity index (χ4n) is 2.71. The van der Waals surface area contributed by atoms with Crippen LogP contribution < -0.4 is 15.4 Å². The Morgan fingerprint density at radius 1 is 1.10 bits per heavy atom. The maximum Gasteiger partial charge on any atom is 0.251 e. The first-order chi connectivity index (χ1) is 14.5. The number of nitrogens with zero attached hydrogens (tertiary/aromatic N) is 2. The number of aromatic amines is 1. The van der Waals surface area contributed by atoms with Crippen LogP contribution in [0.2, 0.25) is 5.02 Å². The average Bonchev–Trinajstić information content (AvgIpc) is 3.11. The number of rotatable bonds is 8. The van der Waals surface area contributed by atoms with Crippen LogP contribution in [-0.4, -0.2) is 46.8 Å². The third kappa shape index (κ3) is 5.46. The van der Waals surface area contributed by atoms with Gasteiger partial charge in [0, 0.05) is 29.2 Å². The van der Waals surface area contributed by atoms with E-state index in [1.807, 2.05) is 12.1 Å². The van der Waals surface area contributed by atoms with Crippen molar-refractivity contribution in [3.63, 3.8) is 0 Å². The number of hydrogen-bond acceptors (Lipinski definition) is 5. The summed E-state index contributed by atoms with van der Waals surface area (Å²) in [6, 6.07) is 13.9. The first-order valence-corrected chi connectivity index (χ1v) is 9.86. The molecule has 10 heteroatoms. The minimum Gasteiger partial charge on any atom is -0.497 e. The standard InChI is InChI=1S/C20H20ClN5O3S/c1-29-16-8-4-13(5-9-16)18-24-25-20(30)26(18)12-17(27)22-10-11-23-19(28)14-2-6-15(21)7-3-14/h2-9H,10-12H2,1H3,(H,22,27)(H,23,28)(H,25,30). The molecule has 0 atom stereocenters. The monoisotopic (exact) mass is 445 g/mol. The molecule has 3 N–H and O–H groups in total. The molecular formula is C20H20ClN5O3S. The Morgan fingerprint density at radius 3 is 2.43 bits per heavy atom. The Kier molecular flexibility index (Phi) is 7.21. The molecule has 0 bridgehead atoms. The highest BCUT2D eigenvalue weighted by Gasteiger charge is 2.12. The van der Waals surface area contributed by atoms with Gasteiger partial charge in [-0.1, -0.05) is 11.6 Å². The zero-order valence-electron chi connectivity index (χ0n) is 16.1. The van der Waals surface area contributed by atoms with Gasteiger partial charge in [-0.25, -0.2) is 0 Å². The summed E-state index contributed by atoms with van der Waals surface area (Å²) in [4.78, 5) is 24.4. The zero-order valence-corrected chi connectivity index (χ0v) is 17.7. The molecule has 8 nitrogen and oxygen atoms in total. The largest absolute Gasteiger partial charge is 0.497 e. The van der Waals surface area contributed by atoms with Gasteiger partial charge in [-0.05, 0) is 60.7 Å². The summed E-state index contributed by atoms with van der Waals surface area (Å²) < 4.78 is 7.10. The minimum atomic E-state index is -0.247. The smallest absolute Gasteiger partial charge is 0.251 e. The van der Waals surface area contributed by atoms with Gasteiger partial charge in [0.1, 0.15) is 12.3 Å². The second kappa shape index (κ2) is 10.0. The second-order valence-corrected chi connectivity index (χ2v) is 7.10. The van der Waals surface area contributed by atoms with Crippen molar-refractivity contribution >= 4 is 35.6 Å². The number of carbonyl (C=O) groups is 2. The average molecular weight is 446 g/mol. The molecule has 156 valence electrons. The Morgan fingerprint density at radius 2 is 1.77 bits per heavy atom. The number of methoxy groups -OCH3 is 1. The molecule has 30 heavy (non-hydrogen) atoms. The number of nitrogens with one attached hydrogen (secondary N) is 3. The van der Waals surface area contributed by atoms with E-state index in [0.717, 1.165) is 11.3 Å². The molecule has 2 amide bonds. The Hall–Kier alpha value is -3.17. The summed E-state index contributed by atoms with van der Waals surface area (Å²) in [5.41, 5.74) is 1.30. The normalized spacial score (nSPS) is 10.5. The predicted octanol–water partition coefficient (Wildman–Crippen LogP) is 2.82. The van der Waals surface area contributed by atoms with Gasteiger partial charge < -0.3 is 15.4 Å². The van der Waals surface area contributed by atoms with Gasteiger partial charge in [0.05, 0.1) is 7.11 Å². The van der Waals surface area contributed by atoms with E-state index in [1.54, 1.807) is 48.1 Å². The first kappa shape index (κ1) is 21.5. The van der Waals surface area contributed by atoms with Crippen LogP contribution in [0.15, 0.2) is 48.5 Å². The number of H-pyrrole nitrogens is 1. The van der Waals surface area contributed by atoms with E-state index < -0.39 is 0 Å². The highest BCUT2D eigenvalue weighted by molar-refractivity contribution is 7.71. The lowest BCUT2D eigenvalue weighted by molar-refractivity contribution is -0.121. The summed E-state index contributed by atoms with van der Waals surface area (Å²) in [5, 5.41) is 13.0. The van der Waals surface area contributed by atoms with Crippen molar-refractivity contribution in [2.45, 2.75) is 6.54 Å². The molecular weight excluding hydrogens is 426 g/mol. The molecule has 0 unspecified atom stereocenters. The van der Waals surface area contributed by atoms with Crippen molar-refractivity contribution in [2.24, 2.45) is 0 Å². The lowest BCUT2D eigenvalue weighted by Gasteiger charge is -2.09. The Bertz CT molecular complexity index is 1080. The van der Waals surface area contributed by atoms with Gasteiger partial charge in [0.2, 0.25) is 5.91 Å². The van der Waals surface area contributed by atoms with E-state index in [0.29, 0.717) is 21.2 Å². The van der Waals surface area contributed by atoms with Crippen LogP contribution >= 0.6 is 23.8 Å². The van der Waals surface area contributed by atoms with Gasteiger partial charge in [0.25, 0.3) is 5.91 Å². The van der Waals surface area contributed by atoms with E-state index >= 15 is 0 Å². The van der Waals surface area contributed by atoms with Gasteiger partial charge in [0.15, 0.2) is 10.6 Å². The van der Waals surface area contributed by atoms with Gasteiger partial charge in [-0.3, -0.25) is 19.3 Å². The molecule has 0 aliphatic carbocycles. The molecule has 0 radical (unpaired) electrons. The van der Waals surface area contributed by atoms with Crippen molar-refractivity contribution in [3.8, 4) is 17.1 Å². The second-order valence-electron chi connectivity index (χ2n) is 6.28. The zero-order chi connectivity index (χ0) is 21.5. The molecule has 1 heterocycles. The maximum absolute atomic E-state index is 12.3. The fourth-order valence-corrected chi connectivity index (χ4v) is 3.03. The van der Waals surface area contributed by atoms with Crippen LogP contribution in [-0.2, 0) is 11.3 Å². The molecule has 0 fully saturated rings. The van der Waals surface area contributed by atoms with Crippen molar-refractivity contribution in [1.82, 2.24) is 25.4 Å². The van der Waals surface area contributed by atoms with Crippen LogP contribution in [0.25, 0.3) is 11.4 Å². The SMILES string of the molecule is COc1ccc(-c2n[nH]c(=S)n2CC(=O)NCCNC(=O)c2ccc(Cl)cc2)cc1. The van der Waals surface area contributed by atoms with Crippen molar-refractivity contribution < 1.29 is 14.3 Å². The Balaban J connectivity index is 1.52. The number of aromatic nitrogens is 3. The molecule has 2 aromatic carbocycles. The summed E-state index contributed by atoms with van der Waals surface area (Å²) in [6.07, 6.45) is 0. The Labute approximate surface area is 183 Å². The van der Waals surface area contributed by atoms with Crippen molar-refractivity contribution in [1.29, 1.82) is 0 Å². The molecule has 0 aliphatic rings. The number of amides is 2. The van der Waals surface area contributed by atoms with E-state index in [1.165, 1.54) is 0 Å². The number of halogens is 1. The van der Waals surface area contributed by atoms with E-state index in [9.17, 15) is 9.59 Å². The molecule has 0 spiro atoms. The highest BCUT2D eigenvalue weighted by Crippen LogP contribution is 2.20. The van der Waals surface area contributed by atoms with Crippen LogP contribution in [0.3, 0.4) is 0 Å². The van der Waals surface area contributed by atoms with Crippen LogP contribution in [0.5, 0.6) is 5.75 Å². The first-order valence-electron chi connectivity index (χ1n) is 9.08. The third-order valence-electron chi connectivity index (χ3n) is 4.25. The summed E-state index contributed by atoms with van der Waals surface area (Å²) in [7, 11) is 1.59. The summed E-state index contributed by atoms with van der Waals surface area (Å²) in [5.74, 6) is 0.787. The van der Waals surface area contributed by atoms with E-state index in [2.05, 4.69) is 20.8 Å². The summed E-state index contributed by atoms with van der Waals surface area (Å²) in [6.45, 7) is 0.568. The van der Waals surface area contributed by atoms with E-state index in [4.69, 9.17) is 28.6 Å². The van der Waals surface area contributed by atoms with Crippen LogP contribution in [0.1, 0.15) is 10.4 Å².